The Morgan fingerprint density at radius 3 is 2.83 bits per heavy atom. The van der Waals surface area contributed by atoms with E-state index in [0.717, 1.165) is 0 Å². The standard InChI is InChI=1S/C16H9N3O4/c20-15-10-3-1-2-4-14(10)23-16-11(15)8-17-13-7-9(19(21)22)5-6-12(13)18-16/h1-8,18H. The van der Waals surface area contributed by atoms with Crippen molar-refractivity contribution in [2.45, 2.75) is 0 Å². The number of non-ortho nitro benzene ring substituents is 1. The second-order valence-electron chi connectivity index (χ2n) is 5.01. The van der Waals surface area contributed by atoms with Gasteiger partial charge in [0.15, 0.2) is 0 Å². The second-order valence-corrected chi connectivity index (χ2v) is 5.01. The molecule has 4 rings (SSSR count). The predicted octanol–water partition coefficient (Wildman–Crippen LogP) is 3.51. The number of aliphatic imine (C=N–C) groups is 1. The minimum Gasteiger partial charge on any atom is -0.439 e. The molecule has 0 spiro atoms. The molecule has 3 aromatic rings. The predicted molar refractivity (Wildman–Crippen MR) is 86.1 cm³/mol. The maximum Gasteiger partial charge on any atom is 0.271 e. The van der Waals surface area contributed by atoms with E-state index in [4.69, 9.17) is 4.42 Å². The fraction of sp³-hybridized carbons (Fsp3) is 0. The molecule has 0 fully saturated rings. The number of anilines is 2. The molecule has 2 heterocycles. The quantitative estimate of drug-likeness (QED) is 0.428. The number of nitrogens with zero attached hydrogens (tertiary/aromatic N) is 2. The molecule has 0 atom stereocenters. The van der Waals surface area contributed by atoms with Crippen LogP contribution in [0.2, 0.25) is 0 Å². The number of rotatable bonds is 1. The van der Waals surface area contributed by atoms with Crippen LogP contribution in [0, 0.1) is 10.1 Å². The van der Waals surface area contributed by atoms with Crippen molar-refractivity contribution in [1.82, 2.24) is 0 Å². The van der Waals surface area contributed by atoms with E-state index in [1.54, 1.807) is 24.3 Å². The van der Waals surface area contributed by atoms with Crippen molar-refractivity contribution >= 4 is 40.1 Å². The van der Waals surface area contributed by atoms with E-state index in [0.29, 0.717) is 22.3 Å². The summed E-state index contributed by atoms with van der Waals surface area (Å²) in [6.07, 6.45) is 1.37. The van der Waals surface area contributed by atoms with Gasteiger partial charge in [0.1, 0.15) is 11.1 Å². The third kappa shape index (κ3) is 2.06. The number of benzene rings is 2. The van der Waals surface area contributed by atoms with Crippen LogP contribution in [0.25, 0.3) is 11.0 Å². The summed E-state index contributed by atoms with van der Waals surface area (Å²) in [5.41, 5.74) is 1.36. The maximum atomic E-state index is 12.6. The molecule has 1 aliphatic rings. The smallest absolute Gasteiger partial charge is 0.271 e. The molecule has 0 saturated heterocycles. The minimum atomic E-state index is -0.495. The van der Waals surface area contributed by atoms with E-state index in [2.05, 4.69) is 10.3 Å². The molecule has 1 N–H and O–H groups in total. The summed E-state index contributed by atoms with van der Waals surface area (Å²) in [7, 11) is 0. The zero-order chi connectivity index (χ0) is 16.0. The first kappa shape index (κ1) is 13.2. The van der Waals surface area contributed by atoms with E-state index in [-0.39, 0.29) is 22.6 Å². The summed E-state index contributed by atoms with van der Waals surface area (Å²) in [5, 5.41) is 14.3. The van der Waals surface area contributed by atoms with Gasteiger partial charge >= 0.3 is 0 Å². The molecule has 2 aromatic carbocycles. The Morgan fingerprint density at radius 1 is 1.17 bits per heavy atom. The van der Waals surface area contributed by atoms with Crippen molar-refractivity contribution in [3.8, 4) is 0 Å². The van der Waals surface area contributed by atoms with Crippen molar-refractivity contribution in [3.63, 3.8) is 0 Å². The van der Waals surface area contributed by atoms with Gasteiger partial charge in [0.05, 0.1) is 21.7 Å². The van der Waals surface area contributed by atoms with Gasteiger partial charge in [0, 0.05) is 18.3 Å². The van der Waals surface area contributed by atoms with Crippen LogP contribution in [0.1, 0.15) is 5.56 Å². The highest BCUT2D eigenvalue weighted by Gasteiger charge is 2.18. The average Bonchev–Trinajstić information content (AvgIpc) is 2.73. The van der Waals surface area contributed by atoms with Gasteiger partial charge < -0.3 is 9.73 Å². The van der Waals surface area contributed by atoms with Crippen LogP contribution in [0.15, 0.2) is 56.7 Å². The third-order valence-electron chi connectivity index (χ3n) is 3.61. The number of nitro groups is 1. The van der Waals surface area contributed by atoms with Gasteiger partial charge in [-0.05, 0) is 18.2 Å². The lowest BCUT2D eigenvalue weighted by Gasteiger charge is -2.08. The number of nitro benzene ring substituents is 1. The van der Waals surface area contributed by atoms with Crippen LogP contribution in [0.5, 0.6) is 0 Å². The van der Waals surface area contributed by atoms with Crippen LogP contribution < -0.4 is 10.7 Å². The van der Waals surface area contributed by atoms with Gasteiger partial charge in [-0.3, -0.25) is 19.9 Å². The highest BCUT2D eigenvalue weighted by molar-refractivity contribution is 5.97. The summed E-state index contributed by atoms with van der Waals surface area (Å²) in [6.45, 7) is 0. The highest BCUT2D eigenvalue weighted by Crippen LogP contribution is 2.35. The molecule has 23 heavy (non-hydrogen) atoms. The number of hydrogen-bond donors (Lipinski definition) is 1. The largest absolute Gasteiger partial charge is 0.439 e. The highest BCUT2D eigenvalue weighted by atomic mass is 16.6. The number of para-hydroxylation sites is 1. The monoisotopic (exact) mass is 307 g/mol. The van der Waals surface area contributed by atoms with Crippen LogP contribution in [-0.2, 0) is 0 Å². The van der Waals surface area contributed by atoms with Gasteiger partial charge in [-0.15, -0.1) is 0 Å². The van der Waals surface area contributed by atoms with E-state index in [1.807, 2.05) is 0 Å². The lowest BCUT2D eigenvalue weighted by atomic mass is 10.1. The molecule has 0 bridgehead atoms. The average molecular weight is 307 g/mol. The molecule has 1 aromatic heterocycles. The Bertz CT molecular complexity index is 1050. The molecule has 0 saturated carbocycles. The van der Waals surface area contributed by atoms with E-state index >= 15 is 0 Å². The normalized spacial score (nSPS) is 12.2. The fourth-order valence-corrected chi connectivity index (χ4v) is 2.47. The van der Waals surface area contributed by atoms with Gasteiger partial charge in [-0.1, -0.05) is 12.1 Å². The van der Waals surface area contributed by atoms with Crippen molar-refractivity contribution < 1.29 is 9.34 Å². The first-order valence-electron chi connectivity index (χ1n) is 6.79. The first-order chi connectivity index (χ1) is 11.1. The number of nitrogens with one attached hydrogen (secondary N) is 1. The molecule has 7 heteroatoms. The Morgan fingerprint density at radius 2 is 2.00 bits per heavy atom. The topological polar surface area (TPSA) is 97.7 Å². The maximum absolute atomic E-state index is 12.6. The van der Waals surface area contributed by atoms with E-state index in [9.17, 15) is 14.9 Å². The summed E-state index contributed by atoms with van der Waals surface area (Å²) >= 11 is 0. The Hall–Kier alpha value is -3.48. The lowest BCUT2D eigenvalue weighted by molar-refractivity contribution is -0.384. The van der Waals surface area contributed by atoms with Gasteiger partial charge in [0.25, 0.3) is 5.69 Å². The van der Waals surface area contributed by atoms with Gasteiger partial charge in [-0.2, -0.15) is 0 Å². The second kappa shape index (κ2) is 4.77. The molecule has 7 nitrogen and oxygen atoms in total. The zero-order valence-electron chi connectivity index (χ0n) is 11.6. The molecular weight excluding hydrogens is 298 g/mol. The molecule has 0 amide bonds. The van der Waals surface area contributed by atoms with Crippen molar-refractivity contribution in [1.29, 1.82) is 0 Å². The number of fused-ring (bicyclic) bond motifs is 3. The first-order valence-corrected chi connectivity index (χ1v) is 6.79. The third-order valence-corrected chi connectivity index (χ3v) is 3.61. The van der Waals surface area contributed by atoms with Crippen LogP contribution >= 0.6 is 0 Å². The molecule has 1 aliphatic heterocycles. The van der Waals surface area contributed by atoms with Gasteiger partial charge in [-0.25, -0.2) is 0 Å². The summed E-state index contributed by atoms with van der Waals surface area (Å²) in [6, 6.07) is 11.2. The minimum absolute atomic E-state index is 0.0712. The Kier molecular flexibility index (Phi) is 2.74. The zero-order valence-corrected chi connectivity index (χ0v) is 11.6. The molecule has 0 aliphatic carbocycles. The summed E-state index contributed by atoms with van der Waals surface area (Å²) in [5.74, 6) is 0.269. The van der Waals surface area contributed by atoms with Crippen LogP contribution in [0.4, 0.5) is 22.9 Å². The summed E-state index contributed by atoms with van der Waals surface area (Å²) in [4.78, 5) is 27.1. The Labute approximate surface area is 129 Å². The van der Waals surface area contributed by atoms with Crippen LogP contribution in [0.3, 0.4) is 0 Å². The van der Waals surface area contributed by atoms with Crippen molar-refractivity contribution in [2.75, 3.05) is 5.32 Å². The van der Waals surface area contributed by atoms with E-state index < -0.39 is 4.92 Å². The molecule has 0 radical (unpaired) electrons. The SMILES string of the molecule is O=c1c2c(oc3ccccc13)Nc1ccc([N+](=O)[O-])cc1N=C2. The van der Waals surface area contributed by atoms with Crippen molar-refractivity contribution in [2.24, 2.45) is 4.99 Å². The molecular formula is C16H9N3O4. The lowest BCUT2D eigenvalue weighted by Crippen LogP contribution is -2.10. The van der Waals surface area contributed by atoms with Crippen LogP contribution in [-0.4, -0.2) is 11.1 Å². The molecule has 112 valence electrons. The van der Waals surface area contributed by atoms with Crippen molar-refractivity contribution in [3.05, 3.63) is 68.4 Å². The van der Waals surface area contributed by atoms with E-state index in [1.165, 1.54) is 24.4 Å². The number of hydrogen-bond acceptors (Lipinski definition) is 6. The molecule has 0 unspecified atom stereocenters. The van der Waals surface area contributed by atoms with Gasteiger partial charge in [0.2, 0.25) is 11.3 Å². The fourth-order valence-electron chi connectivity index (χ4n) is 2.47. The summed E-state index contributed by atoms with van der Waals surface area (Å²) < 4.78 is 5.74. The Balaban J connectivity index is 1.95.